The van der Waals surface area contributed by atoms with Gasteiger partial charge in [0, 0.05) is 23.1 Å². The first-order valence-corrected chi connectivity index (χ1v) is 12.8. The molecule has 158 valence electrons. The van der Waals surface area contributed by atoms with Crippen LogP contribution in [0.25, 0.3) is 0 Å². The Morgan fingerprint density at radius 3 is 2.31 bits per heavy atom. The molecule has 0 saturated carbocycles. The third-order valence-electron chi connectivity index (χ3n) is 4.35. The molecule has 0 saturated heterocycles. The highest BCUT2D eigenvalue weighted by Crippen LogP contribution is 2.24. The number of anilines is 1. The van der Waals surface area contributed by atoms with E-state index in [2.05, 4.69) is 36.5 Å². The van der Waals surface area contributed by atoms with E-state index in [0.29, 0.717) is 23.7 Å². The number of hydrogen-bond acceptors (Lipinski definition) is 4. The maximum atomic E-state index is 12.7. The van der Waals surface area contributed by atoms with Crippen LogP contribution in [0.3, 0.4) is 0 Å². The van der Waals surface area contributed by atoms with Gasteiger partial charge in [-0.2, -0.15) is 11.8 Å². The second-order valence-electron chi connectivity index (χ2n) is 6.79. The zero-order chi connectivity index (χ0) is 21.4. The number of rotatable bonds is 10. The molecule has 5 nitrogen and oxygen atoms in total. The molecular weight excluding hydrogens is 428 g/mol. The summed E-state index contributed by atoms with van der Waals surface area (Å²) < 4.78 is 25.9. The van der Waals surface area contributed by atoms with E-state index >= 15 is 0 Å². The lowest BCUT2D eigenvalue weighted by Gasteiger charge is -2.30. The summed E-state index contributed by atoms with van der Waals surface area (Å²) in [7, 11) is -3.64. The zero-order valence-electron chi connectivity index (χ0n) is 16.9. The lowest BCUT2D eigenvalue weighted by atomic mass is 10.2. The van der Waals surface area contributed by atoms with Gasteiger partial charge in [-0.1, -0.05) is 48.4 Å². The van der Waals surface area contributed by atoms with Gasteiger partial charge in [-0.25, -0.2) is 8.42 Å². The molecule has 0 aliphatic heterocycles. The highest BCUT2D eigenvalue weighted by Gasteiger charge is 2.31. The number of nitrogens with one attached hydrogen (secondary N) is 1. The van der Waals surface area contributed by atoms with Crippen LogP contribution >= 0.6 is 23.4 Å². The quantitative estimate of drug-likeness (QED) is 0.545. The Hall–Kier alpha value is -1.70. The highest BCUT2D eigenvalue weighted by molar-refractivity contribution is 7.98. The number of thioether (sulfide) groups is 1. The molecule has 1 unspecified atom stereocenters. The van der Waals surface area contributed by atoms with Crippen LogP contribution in [0.4, 0.5) is 5.69 Å². The smallest absolute Gasteiger partial charge is 0.243 e. The lowest BCUT2D eigenvalue weighted by molar-refractivity contribution is -0.122. The Morgan fingerprint density at radius 1 is 1.14 bits per heavy atom. The number of halogens is 1. The van der Waals surface area contributed by atoms with E-state index in [9.17, 15) is 13.2 Å². The fourth-order valence-corrected chi connectivity index (χ4v) is 5.04. The Morgan fingerprint density at radius 2 is 1.76 bits per heavy atom. The topological polar surface area (TPSA) is 66.5 Å². The predicted octanol–water partition coefficient (Wildman–Crippen LogP) is 4.24. The van der Waals surface area contributed by atoms with E-state index in [4.69, 9.17) is 11.6 Å². The summed E-state index contributed by atoms with van der Waals surface area (Å²) in [6, 6.07) is 14.0. The fourth-order valence-electron chi connectivity index (χ4n) is 2.89. The molecule has 0 heterocycles. The van der Waals surface area contributed by atoms with Crippen LogP contribution in [-0.4, -0.2) is 38.9 Å². The minimum atomic E-state index is -3.64. The van der Waals surface area contributed by atoms with Gasteiger partial charge in [0.2, 0.25) is 15.9 Å². The standard InChI is InChI=1S/C21H27ClN2O3S2/c1-4-20(24(29(3,26)27)19-11-9-18(22)10-12-19)21(25)23-13-14-28-15-17-7-5-16(2)6-8-17/h5-12,20H,4,13-15H2,1-3H3,(H,23,25). The minimum Gasteiger partial charge on any atom is -0.353 e. The average molecular weight is 455 g/mol. The van der Waals surface area contributed by atoms with E-state index < -0.39 is 16.1 Å². The van der Waals surface area contributed by atoms with Crippen LogP contribution in [0.1, 0.15) is 24.5 Å². The number of hydrogen-bond donors (Lipinski definition) is 1. The summed E-state index contributed by atoms with van der Waals surface area (Å²) in [4.78, 5) is 12.7. The van der Waals surface area contributed by atoms with Crippen molar-refractivity contribution in [3.63, 3.8) is 0 Å². The Labute approximate surface area is 182 Å². The molecule has 0 bridgehead atoms. The zero-order valence-corrected chi connectivity index (χ0v) is 19.3. The molecule has 0 aliphatic carbocycles. The Kier molecular flexibility index (Phi) is 8.86. The molecule has 0 aliphatic rings. The van der Waals surface area contributed by atoms with Crippen LogP contribution < -0.4 is 9.62 Å². The van der Waals surface area contributed by atoms with Crippen LogP contribution in [0, 0.1) is 6.92 Å². The van der Waals surface area contributed by atoms with Gasteiger partial charge in [0.05, 0.1) is 11.9 Å². The summed E-state index contributed by atoms with van der Waals surface area (Å²) in [5, 5.41) is 3.38. The van der Waals surface area contributed by atoms with Crippen molar-refractivity contribution in [2.45, 2.75) is 32.1 Å². The fraction of sp³-hybridized carbons (Fsp3) is 0.381. The molecule has 2 aromatic rings. The van der Waals surface area contributed by atoms with Gasteiger partial charge >= 0.3 is 0 Å². The highest BCUT2D eigenvalue weighted by atomic mass is 35.5. The van der Waals surface area contributed by atoms with Gasteiger partial charge in [-0.15, -0.1) is 0 Å². The molecule has 0 fully saturated rings. The summed E-state index contributed by atoms with van der Waals surface area (Å²) in [5.74, 6) is 1.31. The summed E-state index contributed by atoms with van der Waals surface area (Å²) in [6.45, 7) is 4.33. The molecule has 2 rings (SSSR count). The first-order chi connectivity index (χ1) is 13.7. The second-order valence-corrected chi connectivity index (χ2v) is 10.2. The second kappa shape index (κ2) is 10.9. The average Bonchev–Trinajstić information content (AvgIpc) is 2.67. The molecule has 0 aromatic heterocycles. The van der Waals surface area contributed by atoms with Gasteiger partial charge < -0.3 is 5.32 Å². The van der Waals surface area contributed by atoms with Crippen molar-refractivity contribution in [1.29, 1.82) is 0 Å². The monoisotopic (exact) mass is 454 g/mol. The van der Waals surface area contributed by atoms with Gasteiger partial charge in [-0.3, -0.25) is 9.10 Å². The van der Waals surface area contributed by atoms with Crippen LogP contribution in [0.5, 0.6) is 0 Å². The lowest BCUT2D eigenvalue weighted by Crippen LogP contribution is -2.49. The van der Waals surface area contributed by atoms with Crippen LogP contribution in [-0.2, 0) is 20.6 Å². The molecule has 8 heteroatoms. The molecule has 0 radical (unpaired) electrons. The molecule has 29 heavy (non-hydrogen) atoms. The number of aryl methyl sites for hydroxylation is 1. The predicted molar refractivity (Wildman–Crippen MR) is 123 cm³/mol. The van der Waals surface area contributed by atoms with E-state index in [0.717, 1.165) is 22.1 Å². The van der Waals surface area contributed by atoms with E-state index in [1.54, 1.807) is 43.0 Å². The largest absolute Gasteiger partial charge is 0.353 e. The van der Waals surface area contributed by atoms with E-state index in [-0.39, 0.29) is 5.91 Å². The molecule has 1 N–H and O–H groups in total. The third kappa shape index (κ3) is 7.24. The molecule has 1 atom stereocenters. The van der Waals surface area contributed by atoms with Crippen LogP contribution in [0.2, 0.25) is 5.02 Å². The van der Waals surface area contributed by atoms with Gasteiger partial charge in [-0.05, 0) is 43.2 Å². The first-order valence-electron chi connectivity index (χ1n) is 9.38. The normalized spacial score (nSPS) is 12.4. The van der Waals surface area contributed by atoms with Crippen molar-refractivity contribution >= 4 is 45.0 Å². The SMILES string of the molecule is CCC(C(=O)NCCSCc1ccc(C)cc1)N(c1ccc(Cl)cc1)S(C)(=O)=O. The first kappa shape index (κ1) is 23.6. The van der Waals surface area contributed by atoms with Gasteiger partial charge in [0.15, 0.2) is 0 Å². The minimum absolute atomic E-state index is 0.302. The van der Waals surface area contributed by atoms with Crippen molar-refractivity contribution < 1.29 is 13.2 Å². The molecule has 2 aromatic carbocycles. The van der Waals surface area contributed by atoms with Crippen molar-refractivity contribution in [2.24, 2.45) is 0 Å². The van der Waals surface area contributed by atoms with E-state index in [1.807, 2.05) is 0 Å². The summed E-state index contributed by atoms with van der Waals surface area (Å²) in [5.41, 5.74) is 2.89. The maximum absolute atomic E-state index is 12.7. The number of sulfonamides is 1. The van der Waals surface area contributed by atoms with Crippen molar-refractivity contribution in [2.75, 3.05) is 22.9 Å². The number of amides is 1. The Bertz CT molecular complexity index is 901. The number of nitrogens with zero attached hydrogens (tertiary/aromatic N) is 1. The molecular formula is C21H27ClN2O3S2. The molecule has 1 amide bonds. The van der Waals surface area contributed by atoms with Crippen molar-refractivity contribution in [3.8, 4) is 0 Å². The third-order valence-corrected chi connectivity index (χ3v) is 6.81. The van der Waals surface area contributed by atoms with E-state index in [1.165, 1.54) is 11.1 Å². The maximum Gasteiger partial charge on any atom is 0.243 e. The van der Waals surface area contributed by atoms with Crippen molar-refractivity contribution in [3.05, 3.63) is 64.7 Å². The summed E-state index contributed by atoms with van der Waals surface area (Å²) in [6.07, 6.45) is 1.47. The Balaban J connectivity index is 1.94. The number of benzene rings is 2. The van der Waals surface area contributed by atoms with Gasteiger partial charge in [0.1, 0.15) is 6.04 Å². The van der Waals surface area contributed by atoms with Crippen molar-refractivity contribution in [1.82, 2.24) is 5.32 Å². The number of carbonyl (C=O) groups is 1. The van der Waals surface area contributed by atoms with Gasteiger partial charge in [0.25, 0.3) is 0 Å². The summed E-state index contributed by atoms with van der Waals surface area (Å²) >= 11 is 7.63. The molecule has 0 spiro atoms. The van der Waals surface area contributed by atoms with Crippen LogP contribution in [0.15, 0.2) is 48.5 Å². The number of carbonyl (C=O) groups excluding carboxylic acids is 1.